The lowest BCUT2D eigenvalue weighted by molar-refractivity contribution is 0.588. The summed E-state index contributed by atoms with van der Waals surface area (Å²) in [5.41, 5.74) is 6.48. The van der Waals surface area contributed by atoms with Crippen LogP contribution in [0.15, 0.2) is 42.7 Å². The highest BCUT2D eigenvalue weighted by atomic mass is 19.1. The van der Waals surface area contributed by atoms with Crippen molar-refractivity contribution < 1.29 is 4.39 Å². The average molecular weight is 473 g/mol. The molecule has 5 rings (SSSR count). The summed E-state index contributed by atoms with van der Waals surface area (Å²) in [5, 5.41) is 21.3. The van der Waals surface area contributed by atoms with Crippen molar-refractivity contribution in [3.8, 4) is 17.1 Å². The predicted molar refractivity (Wildman–Crippen MR) is 126 cm³/mol. The van der Waals surface area contributed by atoms with Crippen LogP contribution >= 0.6 is 0 Å². The lowest BCUT2D eigenvalue weighted by Crippen LogP contribution is -2.13. The Labute approximate surface area is 201 Å². The van der Waals surface area contributed by atoms with Crippen LogP contribution < -0.4 is 0 Å². The largest absolute Gasteiger partial charge is 0.261 e. The smallest absolute Gasteiger partial charge is 0.172 e. The molecule has 0 aliphatic carbocycles. The number of rotatable bonds is 7. The van der Waals surface area contributed by atoms with Crippen molar-refractivity contribution in [1.82, 2.24) is 49.7 Å². The minimum atomic E-state index is -0.283. The summed E-state index contributed by atoms with van der Waals surface area (Å²) in [7, 11) is 1.80. The Morgan fingerprint density at radius 2 is 1.80 bits per heavy atom. The quantitative estimate of drug-likeness (QED) is 0.359. The van der Waals surface area contributed by atoms with Gasteiger partial charge >= 0.3 is 0 Å². The molecule has 0 aliphatic rings. The number of hydrogen-bond donors (Lipinski definition) is 0. The third-order valence-electron chi connectivity index (χ3n) is 5.92. The first-order valence-electron chi connectivity index (χ1n) is 11.3. The van der Waals surface area contributed by atoms with E-state index in [2.05, 4.69) is 37.5 Å². The predicted octanol–water partition coefficient (Wildman–Crippen LogP) is 3.01. The average Bonchev–Trinajstić information content (AvgIpc) is 3.51. The topological polar surface area (TPSA) is 105 Å². The van der Waals surface area contributed by atoms with Crippen molar-refractivity contribution in [2.75, 3.05) is 0 Å². The molecule has 10 nitrogen and oxygen atoms in total. The first-order chi connectivity index (χ1) is 16.9. The van der Waals surface area contributed by atoms with Gasteiger partial charge in [0.1, 0.15) is 18.7 Å². The summed E-state index contributed by atoms with van der Waals surface area (Å²) in [5.74, 6) is 1.10. The summed E-state index contributed by atoms with van der Waals surface area (Å²) in [6.07, 6.45) is 2.83. The number of tetrazole rings is 1. The van der Waals surface area contributed by atoms with Gasteiger partial charge in [0.25, 0.3) is 0 Å². The minimum absolute atomic E-state index is 0.283. The van der Waals surface area contributed by atoms with E-state index in [-0.39, 0.29) is 5.82 Å². The number of aromatic nitrogens is 10. The molecule has 0 saturated carbocycles. The normalized spacial score (nSPS) is 11.3. The zero-order valence-corrected chi connectivity index (χ0v) is 20.0. The van der Waals surface area contributed by atoms with Gasteiger partial charge in [-0.15, -0.1) is 5.10 Å². The van der Waals surface area contributed by atoms with Crippen molar-refractivity contribution in [1.29, 1.82) is 0 Å². The molecule has 0 bridgehead atoms. The fourth-order valence-electron chi connectivity index (χ4n) is 4.22. The van der Waals surface area contributed by atoms with Gasteiger partial charge in [-0.3, -0.25) is 4.68 Å². The van der Waals surface area contributed by atoms with Gasteiger partial charge in [0, 0.05) is 42.0 Å². The Morgan fingerprint density at radius 1 is 1.00 bits per heavy atom. The maximum atomic E-state index is 13.6. The number of halogens is 1. The Kier molecular flexibility index (Phi) is 5.89. The first-order valence-corrected chi connectivity index (χ1v) is 11.3. The highest BCUT2D eigenvalue weighted by Crippen LogP contribution is 2.28. The van der Waals surface area contributed by atoms with Crippen LogP contribution in [0.1, 0.15) is 41.1 Å². The molecular weight excluding hydrogens is 447 g/mol. The molecule has 4 heterocycles. The second kappa shape index (κ2) is 9.16. The Balaban J connectivity index is 1.59. The summed E-state index contributed by atoms with van der Waals surface area (Å²) in [6.45, 7) is 6.43. The van der Waals surface area contributed by atoms with Crippen LogP contribution in [0.5, 0.6) is 0 Å². The van der Waals surface area contributed by atoms with Crippen molar-refractivity contribution >= 4 is 0 Å². The van der Waals surface area contributed by atoms with Gasteiger partial charge < -0.3 is 0 Å². The molecule has 1 aromatic carbocycles. The van der Waals surface area contributed by atoms with Crippen molar-refractivity contribution in [2.24, 2.45) is 7.05 Å². The molecule has 5 aromatic rings. The van der Waals surface area contributed by atoms with Gasteiger partial charge in [-0.1, -0.05) is 6.92 Å². The number of aryl methyl sites for hydroxylation is 3. The summed E-state index contributed by atoms with van der Waals surface area (Å²) < 4.78 is 18.9. The van der Waals surface area contributed by atoms with Gasteiger partial charge in [-0.05, 0) is 61.0 Å². The maximum absolute atomic E-state index is 13.6. The minimum Gasteiger partial charge on any atom is -0.261 e. The Morgan fingerprint density at radius 3 is 2.46 bits per heavy atom. The van der Waals surface area contributed by atoms with E-state index in [4.69, 9.17) is 5.10 Å². The third-order valence-corrected chi connectivity index (χ3v) is 5.92. The third kappa shape index (κ3) is 4.44. The molecule has 35 heavy (non-hydrogen) atoms. The van der Waals surface area contributed by atoms with E-state index >= 15 is 0 Å². The van der Waals surface area contributed by atoms with E-state index in [1.54, 1.807) is 30.2 Å². The molecular formula is C24H25FN10. The molecule has 0 spiro atoms. The molecule has 0 fully saturated rings. The molecule has 0 unspecified atom stereocenters. The molecule has 0 amide bonds. The maximum Gasteiger partial charge on any atom is 0.172 e. The molecule has 178 valence electrons. The van der Waals surface area contributed by atoms with E-state index in [9.17, 15) is 4.39 Å². The van der Waals surface area contributed by atoms with Crippen LogP contribution in [0.25, 0.3) is 17.1 Å². The van der Waals surface area contributed by atoms with Crippen LogP contribution in [0.4, 0.5) is 4.39 Å². The van der Waals surface area contributed by atoms with Gasteiger partial charge in [-0.2, -0.15) is 10.2 Å². The van der Waals surface area contributed by atoms with Gasteiger partial charge in [0.05, 0.1) is 17.1 Å². The van der Waals surface area contributed by atoms with E-state index < -0.39 is 0 Å². The summed E-state index contributed by atoms with van der Waals surface area (Å²) in [4.78, 5) is 8.96. The van der Waals surface area contributed by atoms with Crippen molar-refractivity contribution in [3.05, 3.63) is 82.7 Å². The molecule has 0 saturated heterocycles. The Bertz CT molecular complexity index is 1480. The van der Waals surface area contributed by atoms with Crippen LogP contribution in [-0.2, 0) is 26.4 Å². The molecule has 0 N–H and O–H groups in total. The highest BCUT2D eigenvalue weighted by molar-refractivity contribution is 5.64. The molecule has 11 heteroatoms. The second-order valence-corrected chi connectivity index (χ2v) is 8.39. The standard InChI is InChI=1S/C24H25FN10/c1-5-20-21(11-19-12-22(27-14-26-19)35-16(3)10-15(2)29-35)34(13-23-28-31-32-33(23)4)30-24(20)17-6-8-18(25)9-7-17/h6-10,12,14H,5,11,13H2,1-4H3. The molecule has 4 aromatic heterocycles. The zero-order chi connectivity index (χ0) is 24.5. The van der Waals surface area contributed by atoms with Crippen LogP contribution in [0, 0.1) is 19.7 Å². The van der Waals surface area contributed by atoms with Crippen molar-refractivity contribution in [3.63, 3.8) is 0 Å². The molecule has 0 aliphatic heterocycles. The van der Waals surface area contributed by atoms with E-state index in [1.807, 2.05) is 35.3 Å². The number of hydrogen-bond acceptors (Lipinski definition) is 7. The summed E-state index contributed by atoms with van der Waals surface area (Å²) in [6, 6.07) is 10.4. The van der Waals surface area contributed by atoms with Crippen molar-refractivity contribution in [2.45, 2.75) is 40.2 Å². The van der Waals surface area contributed by atoms with Crippen LogP contribution in [0.3, 0.4) is 0 Å². The second-order valence-electron chi connectivity index (χ2n) is 8.39. The van der Waals surface area contributed by atoms with Gasteiger partial charge in [0.2, 0.25) is 0 Å². The summed E-state index contributed by atoms with van der Waals surface area (Å²) >= 11 is 0. The lowest BCUT2D eigenvalue weighted by Gasteiger charge is -2.10. The number of nitrogens with zero attached hydrogens (tertiary/aromatic N) is 10. The SMILES string of the molecule is CCc1c(-c2ccc(F)cc2)nn(Cc2nnnn2C)c1Cc1cc(-n2nc(C)cc2C)ncn1. The van der Waals surface area contributed by atoms with Gasteiger partial charge in [0.15, 0.2) is 11.6 Å². The molecule has 0 atom stereocenters. The Hall–Kier alpha value is -4.28. The first kappa shape index (κ1) is 22.5. The molecule has 0 radical (unpaired) electrons. The number of benzene rings is 1. The zero-order valence-electron chi connectivity index (χ0n) is 20.0. The monoisotopic (exact) mass is 472 g/mol. The van der Waals surface area contributed by atoms with E-state index in [0.717, 1.165) is 46.0 Å². The lowest BCUT2D eigenvalue weighted by atomic mass is 10.0. The van der Waals surface area contributed by atoms with Crippen LogP contribution in [-0.4, -0.2) is 49.7 Å². The van der Waals surface area contributed by atoms with Crippen LogP contribution in [0.2, 0.25) is 0 Å². The fourth-order valence-corrected chi connectivity index (χ4v) is 4.22. The van der Waals surface area contributed by atoms with E-state index in [0.29, 0.717) is 24.6 Å². The fraction of sp³-hybridized carbons (Fsp3) is 0.292. The van der Waals surface area contributed by atoms with Gasteiger partial charge in [-0.25, -0.2) is 23.7 Å². The van der Waals surface area contributed by atoms with E-state index in [1.165, 1.54) is 12.1 Å². The highest BCUT2D eigenvalue weighted by Gasteiger charge is 2.21.